The predicted molar refractivity (Wildman–Crippen MR) is 77.1 cm³/mol. The van der Waals surface area contributed by atoms with E-state index in [4.69, 9.17) is 5.73 Å². The Bertz CT molecular complexity index is 520. The highest BCUT2D eigenvalue weighted by molar-refractivity contribution is 9.10. The number of hydrogen-bond donors (Lipinski definition) is 1. The second kappa shape index (κ2) is 5.48. The largest absolute Gasteiger partial charge is 0.330 e. The summed E-state index contributed by atoms with van der Waals surface area (Å²) >= 11 is 3.62. The standard InChI is InChI=1S/C15H16BrN/c1-11-4-2-3-5-13(11)14-10-12(8-9-17)6-7-15(14)16/h2-7,10H,8-9,17H2,1H3. The number of hydrogen-bond acceptors (Lipinski definition) is 1. The molecule has 2 heteroatoms. The first-order valence-electron chi connectivity index (χ1n) is 5.77. The molecule has 0 aromatic heterocycles. The van der Waals surface area contributed by atoms with Gasteiger partial charge in [-0.05, 0) is 54.3 Å². The molecule has 0 aliphatic rings. The number of rotatable bonds is 3. The molecule has 0 saturated heterocycles. The molecular weight excluding hydrogens is 274 g/mol. The molecule has 0 radical (unpaired) electrons. The first-order chi connectivity index (χ1) is 8.22. The van der Waals surface area contributed by atoms with Crippen LogP contribution in [-0.4, -0.2) is 6.54 Å². The van der Waals surface area contributed by atoms with Crippen molar-refractivity contribution in [2.45, 2.75) is 13.3 Å². The summed E-state index contributed by atoms with van der Waals surface area (Å²) in [5, 5.41) is 0. The van der Waals surface area contributed by atoms with Crippen LogP contribution in [0, 0.1) is 6.92 Å². The number of nitrogens with two attached hydrogens (primary N) is 1. The van der Waals surface area contributed by atoms with Gasteiger partial charge in [-0.3, -0.25) is 0 Å². The van der Waals surface area contributed by atoms with Gasteiger partial charge in [0.2, 0.25) is 0 Å². The van der Waals surface area contributed by atoms with E-state index in [-0.39, 0.29) is 0 Å². The topological polar surface area (TPSA) is 26.0 Å². The van der Waals surface area contributed by atoms with Crippen LogP contribution in [0.15, 0.2) is 46.9 Å². The summed E-state index contributed by atoms with van der Waals surface area (Å²) in [5.74, 6) is 0. The summed E-state index contributed by atoms with van der Waals surface area (Å²) in [7, 11) is 0. The van der Waals surface area contributed by atoms with E-state index in [9.17, 15) is 0 Å². The molecular formula is C15H16BrN. The Morgan fingerprint density at radius 2 is 1.82 bits per heavy atom. The fourth-order valence-electron chi connectivity index (χ4n) is 1.98. The summed E-state index contributed by atoms with van der Waals surface area (Å²) in [4.78, 5) is 0. The Hall–Kier alpha value is -1.12. The highest BCUT2D eigenvalue weighted by atomic mass is 79.9. The van der Waals surface area contributed by atoms with Gasteiger partial charge in [0.05, 0.1) is 0 Å². The second-order valence-corrected chi connectivity index (χ2v) is 5.02. The van der Waals surface area contributed by atoms with Gasteiger partial charge in [-0.15, -0.1) is 0 Å². The zero-order chi connectivity index (χ0) is 12.3. The minimum atomic E-state index is 0.689. The Labute approximate surface area is 111 Å². The monoisotopic (exact) mass is 289 g/mol. The number of halogens is 1. The van der Waals surface area contributed by atoms with Crippen molar-refractivity contribution >= 4 is 15.9 Å². The molecule has 0 saturated carbocycles. The minimum Gasteiger partial charge on any atom is -0.330 e. The highest BCUT2D eigenvalue weighted by Crippen LogP contribution is 2.31. The molecule has 2 N–H and O–H groups in total. The lowest BCUT2D eigenvalue weighted by molar-refractivity contribution is 0.969. The summed E-state index contributed by atoms with van der Waals surface area (Å²) in [6.07, 6.45) is 0.923. The van der Waals surface area contributed by atoms with Crippen molar-refractivity contribution in [1.82, 2.24) is 0 Å². The van der Waals surface area contributed by atoms with E-state index in [0.717, 1.165) is 10.9 Å². The van der Waals surface area contributed by atoms with Crippen LogP contribution in [0.25, 0.3) is 11.1 Å². The van der Waals surface area contributed by atoms with Gasteiger partial charge >= 0.3 is 0 Å². The zero-order valence-electron chi connectivity index (χ0n) is 9.91. The molecule has 1 nitrogen and oxygen atoms in total. The number of benzene rings is 2. The van der Waals surface area contributed by atoms with E-state index in [1.165, 1.54) is 22.3 Å². The van der Waals surface area contributed by atoms with Gasteiger partial charge in [-0.25, -0.2) is 0 Å². The van der Waals surface area contributed by atoms with Gasteiger partial charge < -0.3 is 5.73 Å². The normalized spacial score (nSPS) is 10.5. The van der Waals surface area contributed by atoms with E-state index in [1.54, 1.807) is 0 Å². The zero-order valence-corrected chi connectivity index (χ0v) is 11.5. The number of aryl methyl sites for hydroxylation is 1. The molecule has 88 valence electrons. The molecule has 2 aromatic carbocycles. The molecule has 0 aliphatic heterocycles. The second-order valence-electron chi connectivity index (χ2n) is 4.17. The first kappa shape index (κ1) is 12.3. The van der Waals surface area contributed by atoms with E-state index < -0.39 is 0 Å². The fourth-order valence-corrected chi connectivity index (χ4v) is 2.44. The molecule has 0 unspecified atom stereocenters. The third-order valence-corrected chi connectivity index (χ3v) is 3.59. The van der Waals surface area contributed by atoms with Gasteiger partial charge in [0.15, 0.2) is 0 Å². The van der Waals surface area contributed by atoms with Crippen molar-refractivity contribution in [3.05, 3.63) is 58.1 Å². The van der Waals surface area contributed by atoms with Crippen LogP contribution in [0.1, 0.15) is 11.1 Å². The lowest BCUT2D eigenvalue weighted by Crippen LogP contribution is -2.02. The molecule has 2 rings (SSSR count). The van der Waals surface area contributed by atoms with E-state index in [2.05, 4.69) is 65.3 Å². The molecule has 0 spiro atoms. The summed E-state index contributed by atoms with van der Waals surface area (Å²) in [6, 6.07) is 14.9. The van der Waals surface area contributed by atoms with Crippen molar-refractivity contribution < 1.29 is 0 Å². The van der Waals surface area contributed by atoms with Crippen LogP contribution in [0.5, 0.6) is 0 Å². The maximum atomic E-state index is 5.61. The Balaban J connectivity index is 2.51. The quantitative estimate of drug-likeness (QED) is 0.910. The van der Waals surface area contributed by atoms with Crippen LogP contribution in [0.4, 0.5) is 0 Å². The van der Waals surface area contributed by atoms with Crippen molar-refractivity contribution in [2.75, 3.05) is 6.54 Å². The first-order valence-corrected chi connectivity index (χ1v) is 6.56. The van der Waals surface area contributed by atoms with Crippen LogP contribution < -0.4 is 5.73 Å². The maximum Gasteiger partial charge on any atom is 0.0254 e. The average molecular weight is 290 g/mol. The lowest BCUT2D eigenvalue weighted by atomic mass is 9.98. The molecule has 17 heavy (non-hydrogen) atoms. The summed E-state index contributed by atoms with van der Waals surface area (Å²) < 4.78 is 1.13. The molecule has 0 fully saturated rings. The van der Waals surface area contributed by atoms with Gasteiger partial charge in [0.1, 0.15) is 0 Å². The molecule has 0 atom stereocenters. The van der Waals surface area contributed by atoms with Gasteiger partial charge in [-0.2, -0.15) is 0 Å². The van der Waals surface area contributed by atoms with Crippen molar-refractivity contribution in [1.29, 1.82) is 0 Å². The van der Waals surface area contributed by atoms with Crippen LogP contribution in [0.2, 0.25) is 0 Å². The minimum absolute atomic E-state index is 0.689. The Morgan fingerprint density at radius 1 is 1.06 bits per heavy atom. The van der Waals surface area contributed by atoms with Crippen LogP contribution in [-0.2, 0) is 6.42 Å². The fraction of sp³-hybridized carbons (Fsp3) is 0.200. The SMILES string of the molecule is Cc1ccccc1-c1cc(CCN)ccc1Br. The van der Waals surface area contributed by atoms with Gasteiger partial charge in [-0.1, -0.05) is 46.3 Å². The maximum absolute atomic E-state index is 5.61. The Morgan fingerprint density at radius 3 is 2.53 bits per heavy atom. The van der Waals surface area contributed by atoms with Crippen molar-refractivity contribution in [3.63, 3.8) is 0 Å². The van der Waals surface area contributed by atoms with Crippen molar-refractivity contribution in [2.24, 2.45) is 5.73 Å². The van der Waals surface area contributed by atoms with Crippen LogP contribution in [0.3, 0.4) is 0 Å². The Kier molecular flexibility index (Phi) is 3.97. The third-order valence-electron chi connectivity index (χ3n) is 2.90. The predicted octanol–water partition coefficient (Wildman–Crippen LogP) is 3.93. The highest BCUT2D eigenvalue weighted by Gasteiger charge is 2.06. The molecule has 0 aliphatic carbocycles. The van der Waals surface area contributed by atoms with Crippen molar-refractivity contribution in [3.8, 4) is 11.1 Å². The summed E-state index contributed by atoms with van der Waals surface area (Å²) in [5.41, 5.74) is 10.7. The van der Waals surface area contributed by atoms with Gasteiger partial charge in [0.25, 0.3) is 0 Å². The average Bonchev–Trinajstić information content (AvgIpc) is 2.33. The molecule has 0 bridgehead atoms. The van der Waals surface area contributed by atoms with E-state index in [1.807, 2.05) is 0 Å². The third kappa shape index (κ3) is 2.76. The smallest absolute Gasteiger partial charge is 0.0254 e. The molecule has 2 aromatic rings. The van der Waals surface area contributed by atoms with Crippen LogP contribution >= 0.6 is 15.9 Å². The summed E-state index contributed by atoms with van der Waals surface area (Å²) in [6.45, 7) is 2.83. The van der Waals surface area contributed by atoms with E-state index >= 15 is 0 Å². The van der Waals surface area contributed by atoms with E-state index in [0.29, 0.717) is 6.54 Å². The lowest BCUT2D eigenvalue weighted by Gasteiger charge is -2.10. The molecule has 0 amide bonds. The molecule has 0 heterocycles. The van der Waals surface area contributed by atoms with Gasteiger partial charge in [0, 0.05) is 4.47 Å².